The minimum Gasteiger partial charge on any atom is -0.507 e. The van der Waals surface area contributed by atoms with Gasteiger partial charge < -0.3 is 20.1 Å². The quantitative estimate of drug-likeness (QED) is 0.526. The summed E-state index contributed by atoms with van der Waals surface area (Å²) in [5.74, 6) is -5.53. The Morgan fingerprint density at radius 1 is 1.07 bits per heavy atom. The Balaban J connectivity index is 2.06. The number of ketones is 3. The largest absolute Gasteiger partial charge is 0.507 e. The molecule has 0 saturated carbocycles. The molecule has 0 aromatic heterocycles. The van der Waals surface area contributed by atoms with E-state index in [-0.39, 0.29) is 27.8 Å². The van der Waals surface area contributed by atoms with E-state index < -0.39 is 58.3 Å². The summed E-state index contributed by atoms with van der Waals surface area (Å²) < 4.78 is 4.74. The van der Waals surface area contributed by atoms with Gasteiger partial charge in [0.05, 0.1) is 29.4 Å². The average molecular weight is 396 g/mol. The molecular formula is C21H16O8. The molecule has 2 aliphatic rings. The number of ether oxygens (including phenoxy) is 1. The number of phenolic OH excluding ortho intramolecular Hbond substituents is 2. The highest BCUT2D eigenvalue weighted by Crippen LogP contribution is 2.47. The van der Waals surface area contributed by atoms with E-state index in [1.54, 1.807) is 0 Å². The van der Waals surface area contributed by atoms with E-state index >= 15 is 0 Å². The Morgan fingerprint density at radius 3 is 2.41 bits per heavy atom. The minimum atomic E-state index is -1.81. The van der Waals surface area contributed by atoms with E-state index in [4.69, 9.17) is 4.74 Å². The lowest BCUT2D eigenvalue weighted by molar-refractivity contribution is -0.149. The number of Topliss-reactive ketones (excluding diaryl/α,β-unsaturated/α-hetero) is 1. The number of rotatable bonds is 1. The molecule has 2 atom stereocenters. The smallest absolute Gasteiger partial charge is 0.316 e. The molecule has 0 heterocycles. The zero-order chi connectivity index (χ0) is 21.2. The summed E-state index contributed by atoms with van der Waals surface area (Å²) in [5, 5.41) is 31.5. The number of carbonyl (C=O) groups is 4. The molecule has 0 amide bonds. The van der Waals surface area contributed by atoms with Gasteiger partial charge in [-0.25, -0.2) is 0 Å². The van der Waals surface area contributed by atoms with E-state index in [0.29, 0.717) is 0 Å². The average Bonchev–Trinajstić information content (AvgIpc) is 2.64. The van der Waals surface area contributed by atoms with Gasteiger partial charge in [0, 0.05) is 17.5 Å². The zero-order valence-corrected chi connectivity index (χ0v) is 15.5. The van der Waals surface area contributed by atoms with E-state index in [0.717, 1.165) is 7.11 Å². The zero-order valence-electron chi connectivity index (χ0n) is 15.5. The Bertz CT molecular complexity index is 1140. The Labute approximate surface area is 164 Å². The van der Waals surface area contributed by atoms with Crippen molar-refractivity contribution in [3.8, 4) is 11.5 Å². The van der Waals surface area contributed by atoms with Gasteiger partial charge in [-0.1, -0.05) is 12.1 Å². The van der Waals surface area contributed by atoms with Crippen LogP contribution in [-0.2, 0) is 9.53 Å². The van der Waals surface area contributed by atoms with Gasteiger partial charge in [0.15, 0.2) is 11.6 Å². The molecule has 3 N–H and O–H groups in total. The van der Waals surface area contributed by atoms with Gasteiger partial charge in [-0.05, 0) is 24.6 Å². The molecule has 2 aromatic carbocycles. The summed E-state index contributed by atoms with van der Waals surface area (Å²) in [5.41, 5.74) is -3.17. The maximum absolute atomic E-state index is 13.0. The molecule has 2 aliphatic carbocycles. The molecule has 2 aromatic rings. The van der Waals surface area contributed by atoms with E-state index in [2.05, 4.69) is 0 Å². The number of hydrogen-bond donors (Lipinski definition) is 3. The molecule has 4 rings (SSSR count). The van der Waals surface area contributed by atoms with Crippen LogP contribution in [0.5, 0.6) is 11.5 Å². The predicted molar refractivity (Wildman–Crippen MR) is 97.4 cm³/mol. The predicted octanol–water partition coefficient (Wildman–Crippen LogP) is 1.47. The third-order valence-corrected chi connectivity index (χ3v) is 5.48. The lowest BCUT2D eigenvalue weighted by Gasteiger charge is -2.37. The molecule has 148 valence electrons. The van der Waals surface area contributed by atoms with Gasteiger partial charge in [-0.3, -0.25) is 19.2 Å². The van der Waals surface area contributed by atoms with Crippen LogP contribution in [0.25, 0.3) is 0 Å². The van der Waals surface area contributed by atoms with E-state index in [9.17, 15) is 34.5 Å². The summed E-state index contributed by atoms with van der Waals surface area (Å²) in [6, 6.07) is 5.16. The normalized spacial score (nSPS) is 22.6. The maximum atomic E-state index is 13.0. The molecule has 8 heteroatoms. The SMILES string of the molecule is COC(=O)[C@@H]1c2cc3c(c(O)c2C(=O)C[C@]1(C)O)C(=O)c1c(O)cccc1C3=O. The number of esters is 1. The molecule has 0 aliphatic heterocycles. The fourth-order valence-corrected chi connectivity index (χ4v) is 4.21. The number of aromatic hydroxyl groups is 2. The Kier molecular flexibility index (Phi) is 3.89. The topological polar surface area (TPSA) is 138 Å². The molecule has 8 nitrogen and oxygen atoms in total. The number of fused-ring (bicyclic) bond motifs is 3. The van der Waals surface area contributed by atoms with Gasteiger partial charge in [-0.2, -0.15) is 0 Å². The fraction of sp³-hybridized carbons (Fsp3) is 0.238. The number of aliphatic hydroxyl groups is 1. The van der Waals surface area contributed by atoms with Crippen LogP contribution in [0, 0.1) is 0 Å². The lowest BCUT2D eigenvalue weighted by Crippen LogP contribution is -2.44. The lowest BCUT2D eigenvalue weighted by atomic mass is 9.69. The summed E-state index contributed by atoms with van der Waals surface area (Å²) in [4.78, 5) is 51.0. The van der Waals surface area contributed by atoms with Crippen LogP contribution in [0.2, 0.25) is 0 Å². The Morgan fingerprint density at radius 2 is 1.76 bits per heavy atom. The third kappa shape index (κ3) is 2.42. The van der Waals surface area contributed by atoms with Crippen LogP contribution in [-0.4, -0.2) is 51.3 Å². The highest BCUT2D eigenvalue weighted by atomic mass is 16.5. The molecule has 0 saturated heterocycles. The summed E-state index contributed by atoms with van der Waals surface area (Å²) >= 11 is 0. The summed E-state index contributed by atoms with van der Waals surface area (Å²) in [7, 11) is 1.11. The first-order valence-corrected chi connectivity index (χ1v) is 8.74. The molecule has 0 unspecified atom stereocenters. The van der Waals surface area contributed by atoms with Crippen molar-refractivity contribution in [1.29, 1.82) is 0 Å². The van der Waals surface area contributed by atoms with Crippen LogP contribution in [0.4, 0.5) is 0 Å². The molecule has 0 spiro atoms. The van der Waals surface area contributed by atoms with Crippen molar-refractivity contribution < 1.29 is 39.2 Å². The number of hydrogen-bond acceptors (Lipinski definition) is 8. The summed E-state index contributed by atoms with van der Waals surface area (Å²) in [6.07, 6.45) is -0.490. The van der Waals surface area contributed by atoms with Crippen molar-refractivity contribution in [1.82, 2.24) is 0 Å². The second-order valence-electron chi connectivity index (χ2n) is 7.38. The van der Waals surface area contributed by atoms with Crippen LogP contribution in [0.15, 0.2) is 24.3 Å². The van der Waals surface area contributed by atoms with Crippen molar-refractivity contribution in [2.45, 2.75) is 24.9 Å². The van der Waals surface area contributed by atoms with Crippen LogP contribution in [0.1, 0.15) is 67.0 Å². The molecule has 0 bridgehead atoms. The second kappa shape index (κ2) is 5.99. The van der Waals surface area contributed by atoms with Gasteiger partial charge >= 0.3 is 5.97 Å². The fourth-order valence-electron chi connectivity index (χ4n) is 4.21. The highest BCUT2D eigenvalue weighted by Gasteiger charge is 2.49. The van der Waals surface area contributed by atoms with Crippen LogP contribution < -0.4 is 0 Å². The van der Waals surface area contributed by atoms with Crippen molar-refractivity contribution >= 4 is 23.3 Å². The molecule has 0 fully saturated rings. The first-order valence-electron chi connectivity index (χ1n) is 8.74. The number of carbonyl (C=O) groups excluding carboxylic acids is 4. The van der Waals surface area contributed by atoms with Crippen molar-refractivity contribution in [2.75, 3.05) is 7.11 Å². The monoisotopic (exact) mass is 396 g/mol. The van der Waals surface area contributed by atoms with Crippen molar-refractivity contribution in [3.05, 3.63) is 57.6 Å². The maximum Gasteiger partial charge on any atom is 0.316 e. The Hall–Kier alpha value is -3.52. The first kappa shape index (κ1) is 18.8. The highest BCUT2D eigenvalue weighted by molar-refractivity contribution is 6.31. The number of phenols is 2. The molecule has 29 heavy (non-hydrogen) atoms. The van der Waals surface area contributed by atoms with E-state index in [1.165, 1.54) is 31.2 Å². The second-order valence-corrected chi connectivity index (χ2v) is 7.38. The molecular weight excluding hydrogens is 380 g/mol. The first-order chi connectivity index (χ1) is 13.6. The third-order valence-electron chi connectivity index (χ3n) is 5.48. The minimum absolute atomic E-state index is 0.0645. The van der Waals surface area contributed by atoms with Crippen LogP contribution >= 0.6 is 0 Å². The van der Waals surface area contributed by atoms with E-state index in [1.807, 2.05) is 0 Å². The van der Waals surface area contributed by atoms with Gasteiger partial charge in [0.25, 0.3) is 0 Å². The molecule has 0 radical (unpaired) electrons. The number of methoxy groups -OCH3 is 1. The van der Waals surface area contributed by atoms with Crippen molar-refractivity contribution in [3.63, 3.8) is 0 Å². The van der Waals surface area contributed by atoms with Crippen molar-refractivity contribution in [2.24, 2.45) is 0 Å². The standard InChI is InChI=1S/C21H16O8/c1-21(28)7-12(23)14-9(16(21)20(27)29-2)6-10-15(19(14)26)18(25)13-8(17(10)24)4-3-5-11(13)22/h3-6,16,22,26,28H,7H2,1-2H3/t16-,21-/m0/s1. The number of benzene rings is 2. The van der Waals surface area contributed by atoms with Crippen LogP contribution in [0.3, 0.4) is 0 Å². The van der Waals surface area contributed by atoms with Gasteiger partial charge in [-0.15, -0.1) is 0 Å². The van der Waals surface area contributed by atoms with Gasteiger partial charge in [0.1, 0.15) is 17.4 Å². The van der Waals surface area contributed by atoms with Gasteiger partial charge in [0.2, 0.25) is 5.78 Å². The summed E-state index contributed by atoms with van der Waals surface area (Å²) in [6.45, 7) is 1.28.